The second-order valence-electron chi connectivity index (χ2n) is 11.7. The lowest BCUT2D eigenvalue weighted by Gasteiger charge is -2.25. The van der Waals surface area contributed by atoms with E-state index in [4.69, 9.17) is 21.9 Å². The van der Waals surface area contributed by atoms with Crippen molar-refractivity contribution in [3.8, 4) is 22.4 Å². The maximum absolute atomic E-state index is 13.1. The molecule has 5 aromatic rings. The van der Waals surface area contributed by atoms with E-state index >= 15 is 0 Å². The molecule has 10 nitrogen and oxygen atoms in total. The second kappa shape index (κ2) is 11.1. The summed E-state index contributed by atoms with van der Waals surface area (Å²) in [5.41, 5.74) is 3.53. The van der Waals surface area contributed by atoms with Gasteiger partial charge in [0.25, 0.3) is 5.56 Å². The van der Waals surface area contributed by atoms with Crippen molar-refractivity contribution < 1.29 is 14.3 Å². The van der Waals surface area contributed by atoms with Crippen molar-refractivity contribution in [2.24, 2.45) is 0 Å². The Kier molecular flexibility index (Phi) is 7.35. The minimum Gasteiger partial charge on any atom is -0.444 e. The number of imidazole rings is 1. The molecule has 0 spiro atoms. The highest BCUT2D eigenvalue weighted by Crippen LogP contribution is 2.32. The van der Waals surface area contributed by atoms with E-state index in [1.54, 1.807) is 31.7 Å². The van der Waals surface area contributed by atoms with Crippen LogP contribution in [0.25, 0.3) is 44.1 Å². The molecule has 2 amide bonds. The van der Waals surface area contributed by atoms with Gasteiger partial charge in [-0.05, 0) is 92.0 Å². The summed E-state index contributed by atoms with van der Waals surface area (Å²) in [6, 6.07) is 17.7. The standard InChI is InChI=1S/C32H32N6O4S/c1-32(2,3)42-31(41)34-17-27(39)38-12-4-5-26(38)28-35-24-15-21(10-11-23(24)29(40)37-28)19-6-7-20-14-22(9-8-18(20)13-19)25-16-33-30(43)36-25/h6-11,13-16,26H,4-5,12,17H2,1-3H3,(H,34,41)(H2,33,36,43)(H,35,37,40)/t26-/m0/s1. The van der Waals surface area contributed by atoms with E-state index in [0.717, 1.165) is 39.6 Å². The van der Waals surface area contributed by atoms with Crippen LogP contribution in [0.1, 0.15) is 45.5 Å². The summed E-state index contributed by atoms with van der Waals surface area (Å²) in [7, 11) is 0. The molecule has 2 aromatic heterocycles. The Bertz CT molecular complexity index is 1990. The monoisotopic (exact) mass is 596 g/mol. The van der Waals surface area contributed by atoms with Gasteiger partial charge in [-0.15, -0.1) is 0 Å². The van der Waals surface area contributed by atoms with Crippen LogP contribution < -0.4 is 10.9 Å². The zero-order valence-corrected chi connectivity index (χ0v) is 24.9. The molecular formula is C32H32N6O4S. The van der Waals surface area contributed by atoms with Gasteiger partial charge < -0.3 is 29.9 Å². The van der Waals surface area contributed by atoms with Crippen LogP contribution in [0.4, 0.5) is 4.79 Å². The van der Waals surface area contributed by atoms with Crippen molar-refractivity contribution in [3.63, 3.8) is 0 Å². The Balaban J connectivity index is 1.25. The van der Waals surface area contributed by atoms with Crippen LogP contribution in [0.2, 0.25) is 0 Å². The summed E-state index contributed by atoms with van der Waals surface area (Å²) in [6.45, 7) is 5.59. The van der Waals surface area contributed by atoms with E-state index in [1.807, 2.05) is 24.4 Å². The summed E-state index contributed by atoms with van der Waals surface area (Å²) in [4.78, 5) is 53.7. The van der Waals surface area contributed by atoms with Gasteiger partial charge in [0.2, 0.25) is 5.91 Å². The van der Waals surface area contributed by atoms with Gasteiger partial charge >= 0.3 is 6.09 Å². The third-order valence-corrected chi connectivity index (χ3v) is 7.70. The number of amides is 2. The molecule has 3 heterocycles. The lowest BCUT2D eigenvalue weighted by atomic mass is 9.98. The van der Waals surface area contributed by atoms with Gasteiger partial charge in [-0.25, -0.2) is 9.78 Å². The predicted octanol–water partition coefficient (Wildman–Crippen LogP) is 5.98. The van der Waals surface area contributed by atoms with Gasteiger partial charge in [0.05, 0.1) is 22.6 Å². The number of hydrogen-bond donors (Lipinski definition) is 4. The molecule has 1 atom stereocenters. The van der Waals surface area contributed by atoms with E-state index in [-0.39, 0.29) is 18.0 Å². The normalized spacial score (nSPS) is 15.2. The molecular weight excluding hydrogens is 564 g/mol. The zero-order chi connectivity index (χ0) is 30.3. The second-order valence-corrected chi connectivity index (χ2v) is 12.1. The molecule has 11 heteroatoms. The predicted molar refractivity (Wildman–Crippen MR) is 168 cm³/mol. The Morgan fingerprint density at radius 1 is 1.02 bits per heavy atom. The molecule has 1 aliphatic rings. The van der Waals surface area contributed by atoms with E-state index in [2.05, 4.69) is 50.6 Å². The van der Waals surface area contributed by atoms with Crippen molar-refractivity contribution in [3.05, 3.63) is 81.7 Å². The smallest absolute Gasteiger partial charge is 0.408 e. The Hall–Kier alpha value is -4.77. The number of nitrogens with one attached hydrogen (secondary N) is 4. The minimum absolute atomic E-state index is 0.199. The fraction of sp³-hybridized carbons (Fsp3) is 0.281. The first kappa shape index (κ1) is 28.4. The summed E-state index contributed by atoms with van der Waals surface area (Å²) >= 11 is 5.16. The van der Waals surface area contributed by atoms with Gasteiger partial charge in [-0.3, -0.25) is 9.59 Å². The van der Waals surface area contributed by atoms with Gasteiger partial charge in [0.1, 0.15) is 18.0 Å². The molecule has 3 aromatic carbocycles. The molecule has 1 aliphatic heterocycles. The molecule has 0 radical (unpaired) electrons. The third kappa shape index (κ3) is 6.07. The molecule has 1 fully saturated rings. The number of carbonyl (C=O) groups is 2. The lowest BCUT2D eigenvalue weighted by Crippen LogP contribution is -2.42. The molecule has 0 aliphatic carbocycles. The largest absolute Gasteiger partial charge is 0.444 e. The summed E-state index contributed by atoms with van der Waals surface area (Å²) in [5.74, 6) is 0.177. The molecule has 1 saturated heterocycles. The summed E-state index contributed by atoms with van der Waals surface area (Å²) in [5, 5.41) is 5.17. The number of fused-ring (bicyclic) bond motifs is 2. The van der Waals surface area contributed by atoms with Crippen LogP contribution in [0.3, 0.4) is 0 Å². The number of ether oxygens (including phenoxy) is 1. The van der Waals surface area contributed by atoms with E-state index in [0.29, 0.717) is 34.5 Å². The first-order valence-corrected chi connectivity index (χ1v) is 14.6. The summed E-state index contributed by atoms with van der Waals surface area (Å²) < 4.78 is 5.82. The van der Waals surface area contributed by atoms with Crippen molar-refractivity contribution in [2.75, 3.05) is 13.1 Å². The number of alkyl carbamates (subject to hydrolysis) is 1. The Morgan fingerprint density at radius 3 is 2.44 bits per heavy atom. The average Bonchev–Trinajstić information content (AvgIpc) is 3.64. The van der Waals surface area contributed by atoms with Crippen molar-refractivity contribution in [1.82, 2.24) is 30.2 Å². The van der Waals surface area contributed by atoms with Crippen molar-refractivity contribution >= 4 is 45.9 Å². The van der Waals surface area contributed by atoms with E-state index in [1.165, 1.54) is 0 Å². The third-order valence-electron chi connectivity index (χ3n) is 7.48. The molecule has 6 rings (SSSR count). The zero-order valence-electron chi connectivity index (χ0n) is 24.1. The molecule has 0 bridgehead atoms. The first-order valence-electron chi connectivity index (χ1n) is 14.2. The topological polar surface area (TPSA) is 136 Å². The highest BCUT2D eigenvalue weighted by molar-refractivity contribution is 7.71. The van der Waals surface area contributed by atoms with Crippen LogP contribution >= 0.6 is 12.2 Å². The van der Waals surface area contributed by atoms with Gasteiger partial charge in [-0.2, -0.15) is 0 Å². The summed E-state index contributed by atoms with van der Waals surface area (Å²) in [6.07, 6.45) is 2.63. The van der Waals surface area contributed by atoms with Crippen LogP contribution in [0, 0.1) is 4.77 Å². The number of nitrogens with zero attached hydrogens (tertiary/aromatic N) is 2. The van der Waals surface area contributed by atoms with Crippen LogP contribution in [-0.4, -0.2) is 55.5 Å². The maximum atomic E-state index is 13.1. The molecule has 0 unspecified atom stereocenters. The number of aromatic amines is 3. The van der Waals surface area contributed by atoms with Gasteiger partial charge in [0.15, 0.2) is 4.77 Å². The lowest BCUT2D eigenvalue weighted by molar-refractivity contribution is -0.131. The maximum Gasteiger partial charge on any atom is 0.408 e. The fourth-order valence-electron chi connectivity index (χ4n) is 5.49. The molecule has 220 valence electrons. The highest BCUT2D eigenvalue weighted by atomic mass is 32.1. The van der Waals surface area contributed by atoms with Crippen LogP contribution in [0.5, 0.6) is 0 Å². The number of aromatic nitrogens is 4. The number of rotatable bonds is 5. The van der Waals surface area contributed by atoms with Crippen molar-refractivity contribution in [2.45, 2.75) is 45.3 Å². The Morgan fingerprint density at radius 2 is 1.72 bits per heavy atom. The highest BCUT2D eigenvalue weighted by Gasteiger charge is 2.32. The SMILES string of the molecule is CC(C)(C)OC(=O)NCC(=O)N1CCC[C@H]1c1nc2cc(-c3ccc4cc(-c5c[nH]c(=S)[nH]5)ccc4c3)ccc2c(=O)[nH]1. The van der Waals surface area contributed by atoms with Gasteiger partial charge in [-0.1, -0.05) is 30.3 Å². The van der Waals surface area contributed by atoms with E-state index < -0.39 is 17.7 Å². The number of benzene rings is 3. The van der Waals surface area contributed by atoms with Crippen LogP contribution in [-0.2, 0) is 9.53 Å². The quantitative estimate of drug-likeness (QED) is 0.184. The van der Waals surface area contributed by atoms with E-state index in [9.17, 15) is 14.4 Å². The fourth-order valence-corrected chi connectivity index (χ4v) is 5.66. The molecule has 43 heavy (non-hydrogen) atoms. The number of H-pyrrole nitrogens is 3. The Labute approximate surface area is 252 Å². The number of carbonyl (C=O) groups excluding carboxylic acids is 2. The number of hydrogen-bond acceptors (Lipinski definition) is 6. The average molecular weight is 597 g/mol. The minimum atomic E-state index is -0.662. The molecule has 0 saturated carbocycles. The van der Waals surface area contributed by atoms with Crippen molar-refractivity contribution in [1.29, 1.82) is 0 Å². The first-order chi connectivity index (χ1) is 20.5. The van der Waals surface area contributed by atoms with Crippen LogP contribution in [0.15, 0.2) is 65.6 Å². The number of likely N-dealkylation sites (tertiary alicyclic amines) is 1. The van der Waals surface area contributed by atoms with Gasteiger partial charge in [0, 0.05) is 18.3 Å². The molecule has 4 N–H and O–H groups in total.